The Morgan fingerprint density at radius 1 is 0.579 bits per heavy atom. The summed E-state index contributed by atoms with van der Waals surface area (Å²) < 4.78 is 39.2. The van der Waals surface area contributed by atoms with Gasteiger partial charge >= 0.3 is 45.6 Å². The quantitative estimate of drug-likeness (QED) is 0.0889. The van der Waals surface area contributed by atoms with E-state index < -0.39 is 15.6 Å². The summed E-state index contributed by atoms with van der Waals surface area (Å²) >= 11 is 0. The van der Waals surface area contributed by atoms with Crippen molar-refractivity contribution in [3.8, 4) is 11.5 Å². The molecule has 0 spiro atoms. The van der Waals surface area contributed by atoms with Crippen LogP contribution in [0.1, 0.15) is 102 Å². The number of phosphoric acid groups is 2. The molecule has 0 N–H and O–H groups in total. The number of rotatable bonds is 20. The van der Waals surface area contributed by atoms with E-state index in [1.165, 1.54) is 51.4 Å². The summed E-state index contributed by atoms with van der Waals surface area (Å²) in [6.07, 6.45) is 16.2. The first kappa shape index (κ1) is 35.7. The molecule has 7 nitrogen and oxygen atoms in total. The fraction of sp³-hybridized carbons (Fsp3) is 0.571. The van der Waals surface area contributed by atoms with Crippen LogP contribution in [-0.4, -0.2) is 37.7 Å². The Morgan fingerprint density at radius 2 is 0.921 bits per heavy atom. The van der Waals surface area contributed by atoms with E-state index in [-0.39, 0.29) is 49.2 Å². The fourth-order valence-electron chi connectivity index (χ4n) is 4.09. The molecule has 38 heavy (non-hydrogen) atoms. The summed E-state index contributed by atoms with van der Waals surface area (Å²) in [5.41, 5.74) is 2.16. The van der Waals surface area contributed by atoms with Gasteiger partial charge in [-0.15, -0.1) is 0 Å². The van der Waals surface area contributed by atoms with E-state index in [0.717, 1.165) is 49.7 Å². The molecular formula is C28H42CaO7P2. The first-order valence-corrected chi connectivity index (χ1v) is 16.6. The molecule has 0 radical (unpaired) electrons. The molecule has 2 aromatic rings. The molecule has 0 aliphatic carbocycles. The van der Waals surface area contributed by atoms with Gasteiger partial charge in [-0.1, -0.05) is 102 Å². The summed E-state index contributed by atoms with van der Waals surface area (Å²) in [5.74, 6) is 0.173. The molecular weight excluding hydrogens is 550 g/mol. The first-order chi connectivity index (χ1) is 17.7. The van der Waals surface area contributed by atoms with Crippen molar-refractivity contribution < 1.29 is 32.3 Å². The van der Waals surface area contributed by atoms with Gasteiger partial charge in [-0.05, 0) is 61.1 Å². The molecule has 0 saturated heterocycles. The Hall–Kier alpha value is -0.360. The van der Waals surface area contributed by atoms with E-state index in [9.17, 15) is 18.9 Å². The summed E-state index contributed by atoms with van der Waals surface area (Å²) in [5, 5.41) is 0. The maximum absolute atomic E-state index is 13.1. The molecule has 2 aromatic carbocycles. The normalized spacial score (nSPS) is 11.7. The maximum Gasteiger partial charge on any atom is 2.00 e. The standard InChI is InChI=1S/C28H44O7P2.Ca/c1-3-5-7-9-11-13-15-25-17-21-27(22-18-25)33-37(32,35-36(29,30)31)34-28-23-19-26(20-24-28)16-14-12-10-8-6-4-2;/h17-24H,3-16H2,1-2H3,(H2,29,30,31);/q;+2/p-2. The van der Waals surface area contributed by atoms with Crippen LogP contribution < -0.4 is 18.8 Å². The second-order valence-corrected chi connectivity index (χ2v) is 12.3. The molecule has 0 saturated carbocycles. The molecule has 0 atom stereocenters. The molecule has 0 heterocycles. The van der Waals surface area contributed by atoms with E-state index in [1.807, 2.05) is 24.3 Å². The maximum atomic E-state index is 13.1. The van der Waals surface area contributed by atoms with Crippen molar-refractivity contribution in [2.24, 2.45) is 0 Å². The third kappa shape index (κ3) is 16.0. The zero-order chi connectivity index (χ0) is 27.0. The number of aryl methyl sites for hydroxylation is 2. The van der Waals surface area contributed by atoms with Crippen LogP contribution >= 0.6 is 15.6 Å². The van der Waals surface area contributed by atoms with Crippen LogP contribution in [0.5, 0.6) is 11.5 Å². The van der Waals surface area contributed by atoms with E-state index in [4.69, 9.17) is 9.05 Å². The SMILES string of the molecule is CCCCCCCCc1ccc(OP(=O)(Oc2ccc(CCCCCCCC)cc2)OP(=O)([O-])[O-])cc1.[Ca+2]. The summed E-state index contributed by atoms with van der Waals surface area (Å²) in [7, 11) is -10.4. The van der Waals surface area contributed by atoms with E-state index in [0.29, 0.717) is 0 Å². The van der Waals surface area contributed by atoms with Crippen LogP contribution in [0.3, 0.4) is 0 Å². The van der Waals surface area contributed by atoms with Crippen molar-refractivity contribution in [3.63, 3.8) is 0 Å². The van der Waals surface area contributed by atoms with Gasteiger partial charge < -0.3 is 23.4 Å². The molecule has 0 aliphatic heterocycles. The smallest absolute Gasteiger partial charge is 0.789 e. The molecule has 0 amide bonds. The van der Waals surface area contributed by atoms with Crippen LogP contribution in [0.15, 0.2) is 48.5 Å². The topological polar surface area (TPSA) is 108 Å². The fourth-order valence-corrected chi connectivity index (χ4v) is 6.13. The molecule has 0 unspecified atom stereocenters. The third-order valence-corrected chi connectivity index (χ3v) is 8.59. The van der Waals surface area contributed by atoms with Crippen LogP contribution in [0.4, 0.5) is 0 Å². The average molecular weight is 593 g/mol. The average Bonchev–Trinajstić information content (AvgIpc) is 2.84. The van der Waals surface area contributed by atoms with Crippen LogP contribution in [0.2, 0.25) is 0 Å². The number of hydrogen-bond acceptors (Lipinski definition) is 7. The van der Waals surface area contributed by atoms with Gasteiger partial charge in [-0.25, -0.2) is 8.88 Å². The summed E-state index contributed by atoms with van der Waals surface area (Å²) in [4.78, 5) is 22.6. The Labute approximate surface area is 258 Å². The zero-order valence-corrected chi connectivity index (χ0v) is 27.0. The molecule has 0 fully saturated rings. The van der Waals surface area contributed by atoms with Crippen molar-refractivity contribution in [2.45, 2.75) is 104 Å². The van der Waals surface area contributed by atoms with Gasteiger partial charge in [0.25, 0.3) is 0 Å². The Kier molecular flexibility index (Phi) is 18.5. The van der Waals surface area contributed by atoms with Crippen molar-refractivity contribution in [2.75, 3.05) is 0 Å². The van der Waals surface area contributed by atoms with Gasteiger partial charge in [0.2, 0.25) is 0 Å². The van der Waals surface area contributed by atoms with Crippen LogP contribution in [0.25, 0.3) is 0 Å². The zero-order valence-electron chi connectivity index (χ0n) is 23.0. The molecule has 0 bridgehead atoms. The predicted molar refractivity (Wildman–Crippen MR) is 150 cm³/mol. The summed E-state index contributed by atoms with van der Waals surface area (Å²) in [6.45, 7) is 4.39. The second kappa shape index (κ2) is 19.7. The minimum absolute atomic E-state index is 0. The Morgan fingerprint density at radius 3 is 1.26 bits per heavy atom. The van der Waals surface area contributed by atoms with Gasteiger partial charge in [-0.3, -0.25) is 0 Å². The van der Waals surface area contributed by atoms with E-state index in [1.54, 1.807) is 24.3 Å². The van der Waals surface area contributed by atoms with Gasteiger partial charge in [0.05, 0.1) is 7.82 Å². The Balaban J connectivity index is 0.00000722. The molecule has 208 valence electrons. The van der Waals surface area contributed by atoms with Gasteiger partial charge in [-0.2, -0.15) is 0 Å². The van der Waals surface area contributed by atoms with Crippen molar-refractivity contribution >= 4 is 53.4 Å². The Bertz CT molecular complexity index is 912. The largest absolute Gasteiger partial charge is 2.00 e. The predicted octanol–water partition coefficient (Wildman–Crippen LogP) is 7.52. The third-order valence-electron chi connectivity index (χ3n) is 6.12. The van der Waals surface area contributed by atoms with E-state index in [2.05, 4.69) is 18.2 Å². The molecule has 10 heteroatoms. The van der Waals surface area contributed by atoms with Crippen molar-refractivity contribution in [1.29, 1.82) is 0 Å². The number of benzene rings is 2. The van der Waals surface area contributed by atoms with Gasteiger partial charge in [0.1, 0.15) is 11.5 Å². The molecule has 2 rings (SSSR count). The minimum Gasteiger partial charge on any atom is -0.789 e. The first-order valence-electron chi connectivity index (χ1n) is 13.6. The van der Waals surface area contributed by atoms with E-state index >= 15 is 0 Å². The summed E-state index contributed by atoms with van der Waals surface area (Å²) in [6, 6.07) is 13.5. The number of unbranched alkanes of at least 4 members (excludes halogenated alkanes) is 10. The van der Waals surface area contributed by atoms with Gasteiger partial charge in [0, 0.05) is 0 Å². The monoisotopic (exact) mass is 592 g/mol. The second-order valence-electron chi connectivity index (χ2n) is 9.48. The van der Waals surface area contributed by atoms with Crippen molar-refractivity contribution in [1.82, 2.24) is 0 Å². The van der Waals surface area contributed by atoms with Crippen molar-refractivity contribution in [3.05, 3.63) is 59.7 Å². The number of phosphoric ester groups is 1. The minimum atomic E-state index is -5.65. The van der Waals surface area contributed by atoms with Crippen LogP contribution in [0, 0.1) is 0 Å². The number of hydrogen-bond donors (Lipinski definition) is 0. The molecule has 0 aliphatic rings. The van der Waals surface area contributed by atoms with Crippen LogP contribution in [-0.2, 0) is 26.3 Å². The molecule has 0 aromatic heterocycles. The van der Waals surface area contributed by atoms with Gasteiger partial charge in [0.15, 0.2) is 0 Å².